The lowest BCUT2D eigenvalue weighted by molar-refractivity contribution is 1.32. The maximum absolute atomic E-state index is 5.60. The normalized spacial score (nSPS) is 9.76. The van der Waals surface area contributed by atoms with Crippen LogP contribution in [0.15, 0.2) is 30.8 Å². The highest BCUT2D eigenvalue weighted by atomic mass is 14.1. The van der Waals surface area contributed by atoms with E-state index >= 15 is 0 Å². The fraction of sp³-hybridized carbons (Fsp3) is 0.143. The summed E-state index contributed by atoms with van der Waals surface area (Å²) in [5.41, 5.74) is 8.45. The van der Waals surface area contributed by atoms with Crippen LogP contribution >= 0.6 is 0 Å². The Morgan fingerprint density at radius 1 is 0.857 bits per heavy atom. The smallest absolute Gasteiger partial charge is 0.0290 e. The summed E-state index contributed by atoms with van der Waals surface area (Å²) in [4.78, 5) is 0. The molecule has 0 aliphatic carbocycles. The van der Waals surface area contributed by atoms with E-state index in [0.717, 1.165) is 33.4 Å². The highest BCUT2D eigenvalue weighted by molar-refractivity contribution is 5.73. The molecule has 0 aliphatic heterocycles. The lowest BCUT2D eigenvalue weighted by Gasteiger charge is -2.12. The third-order valence-electron chi connectivity index (χ3n) is 3.98. The number of hydrogen-bond acceptors (Lipinski definition) is 0. The Kier molecular flexibility index (Phi) is 4.02. The molecular formula is C21H18. The van der Waals surface area contributed by atoms with Crippen molar-refractivity contribution in [3.8, 4) is 35.8 Å². The molecule has 0 radical (unpaired) electrons. The van der Waals surface area contributed by atoms with Crippen molar-refractivity contribution in [1.82, 2.24) is 0 Å². The molecule has 102 valence electrons. The van der Waals surface area contributed by atoms with E-state index in [0.29, 0.717) is 0 Å². The van der Waals surface area contributed by atoms with Gasteiger partial charge in [0.25, 0.3) is 0 Å². The van der Waals surface area contributed by atoms with Crippen molar-refractivity contribution in [3.05, 3.63) is 64.2 Å². The van der Waals surface area contributed by atoms with Crippen LogP contribution < -0.4 is 0 Å². The van der Waals surface area contributed by atoms with Gasteiger partial charge in [-0.2, -0.15) is 0 Å². The fourth-order valence-electron chi connectivity index (χ4n) is 2.45. The van der Waals surface area contributed by atoms with Crippen molar-refractivity contribution < 1.29 is 0 Å². The fourth-order valence-corrected chi connectivity index (χ4v) is 2.45. The molecule has 0 saturated carbocycles. The Labute approximate surface area is 127 Å². The summed E-state index contributed by atoms with van der Waals surface area (Å²) >= 11 is 0. The van der Waals surface area contributed by atoms with Crippen molar-refractivity contribution >= 4 is 6.08 Å². The van der Waals surface area contributed by atoms with E-state index in [-0.39, 0.29) is 0 Å². The van der Waals surface area contributed by atoms with Gasteiger partial charge in [0.1, 0.15) is 0 Å². The van der Waals surface area contributed by atoms with Gasteiger partial charge < -0.3 is 0 Å². The molecule has 0 heteroatoms. The molecular weight excluding hydrogens is 252 g/mol. The maximum atomic E-state index is 5.60. The summed E-state index contributed by atoms with van der Waals surface area (Å²) in [6.07, 6.45) is 13.1. The van der Waals surface area contributed by atoms with Gasteiger partial charge in [0.2, 0.25) is 0 Å². The molecule has 21 heavy (non-hydrogen) atoms. The van der Waals surface area contributed by atoms with Crippen molar-refractivity contribution in [3.63, 3.8) is 0 Å². The first-order valence-corrected chi connectivity index (χ1v) is 6.83. The second-order valence-electron chi connectivity index (χ2n) is 5.20. The Hall–Kier alpha value is -2.70. The van der Waals surface area contributed by atoms with E-state index in [4.69, 9.17) is 12.8 Å². The van der Waals surface area contributed by atoms with Crippen LogP contribution in [-0.2, 0) is 0 Å². The van der Waals surface area contributed by atoms with Gasteiger partial charge in [-0.15, -0.1) is 12.8 Å². The van der Waals surface area contributed by atoms with Gasteiger partial charge in [-0.25, -0.2) is 0 Å². The molecule has 0 heterocycles. The van der Waals surface area contributed by atoms with Gasteiger partial charge >= 0.3 is 0 Å². The van der Waals surface area contributed by atoms with E-state index in [1.54, 1.807) is 0 Å². The Balaban J connectivity index is 2.74. The van der Waals surface area contributed by atoms with Gasteiger partial charge in [0.05, 0.1) is 0 Å². The van der Waals surface area contributed by atoms with Crippen LogP contribution in [0.4, 0.5) is 0 Å². The minimum Gasteiger partial charge on any atom is -0.115 e. The molecule has 2 aromatic carbocycles. The molecule has 2 aromatic rings. The van der Waals surface area contributed by atoms with Gasteiger partial charge in [-0.05, 0) is 72.4 Å². The highest BCUT2D eigenvalue weighted by Crippen LogP contribution is 2.29. The van der Waals surface area contributed by atoms with E-state index < -0.39 is 0 Å². The van der Waals surface area contributed by atoms with Gasteiger partial charge in [-0.3, -0.25) is 0 Å². The van der Waals surface area contributed by atoms with E-state index in [2.05, 4.69) is 44.4 Å². The zero-order valence-electron chi connectivity index (χ0n) is 12.7. The lowest BCUT2D eigenvalue weighted by atomic mass is 9.92. The monoisotopic (exact) mass is 270 g/mol. The number of rotatable bonds is 2. The van der Waals surface area contributed by atoms with Crippen LogP contribution in [0.1, 0.15) is 33.4 Å². The van der Waals surface area contributed by atoms with Crippen LogP contribution in [0.25, 0.3) is 17.2 Å². The number of hydrogen-bond donors (Lipinski definition) is 0. The molecule has 0 amide bonds. The summed E-state index contributed by atoms with van der Waals surface area (Å²) in [6.45, 7) is 10.1. The summed E-state index contributed by atoms with van der Waals surface area (Å²) < 4.78 is 0. The highest BCUT2D eigenvalue weighted by Gasteiger charge is 2.09. The van der Waals surface area contributed by atoms with E-state index in [9.17, 15) is 0 Å². The third-order valence-corrected chi connectivity index (χ3v) is 3.98. The average Bonchev–Trinajstić information content (AvgIpc) is 2.50. The second kappa shape index (κ2) is 5.74. The molecule has 0 aromatic heterocycles. The van der Waals surface area contributed by atoms with Gasteiger partial charge in [-0.1, -0.05) is 30.6 Å². The number of benzene rings is 2. The van der Waals surface area contributed by atoms with Crippen LogP contribution in [-0.4, -0.2) is 0 Å². The SMILES string of the molecule is C#Cc1cc(-c2cc(C)c(C)c(C=C)c2)cc(C#C)c1C. The van der Waals surface area contributed by atoms with Crippen molar-refractivity contribution in [2.45, 2.75) is 20.8 Å². The summed E-state index contributed by atoms with van der Waals surface area (Å²) in [7, 11) is 0. The summed E-state index contributed by atoms with van der Waals surface area (Å²) in [5, 5.41) is 0. The van der Waals surface area contributed by atoms with E-state index in [1.165, 1.54) is 11.1 Å². The molecule has 0 unspecified atom stereocenters. The molecule has 0 N–H and O–H groups in total. The predicted octanol–water partition coefficient (Wildman–Crippen LogP) is 4.88. The largest absolute Gasteiger partial charge is 0.115 e. The Morgan fingerprint density at radius 3 is 1.86 bits per heavy atom. The molecule has 0 saturated heterocycles. The first-order chi connectivity index (χ1) is 10.0. The zero-order chi connectivity index (χ0) is 15.6. The zero-order valence-corrected chi connectivity index (χ0v) is 12.7. The second-order valence-corrected chi connectivity index (χ2v) is 5.20. The van der Waals surface area contributed by atoms with Crippen molar-refractivity contribution in [1.29, 1.82) is 0 Å². The van der Waals surface area contributed by atoms with Gasteiger partial charge in [0, 0.05) is 11.1 Å². The minimum absolute atomic E-state index is 0.846. The van der Waals surface area contributed by atoms with Crippen LogP contribution in [0, 0.1) is 45.5 Å². The summed E-state index contributed by atoms with van der Waals surface area (Å²) in [6, 6.07) is 8.33. The standard InChI is InChI=1S/C21H18/c1-7-17-11-20(10-14(4)15(17)5)21-12-18(8-2)16(6)19(9-3)13-21/h2-3,7,10-13H,1H2,4-6H3. The molecule has 0 nitrogen and oxygen atoms in total. The predicted molar refractivity (Wildman–Crippen MR) is 92.1 cm³/mol. The average molecular weight is 270 g/mol. The number of terminal acetylenes is 2. The van der Waals surface area contributed by atoms with Crippen LogP contribution in [0.3, 0.4) is 0 Å². The van der Waals surface area contributed by atoms with E-state index in [1.807, 2.05) is 25.1 Å². The Morgan fingerprint density at radius 2 is 1.38 bits per heavy atom. The van der Waals surface area contributed by atoms with Crippen LogP contribution in [0.5, 0.6) is 0 Å². The number of aryl methyl sites for hydroxylation is 1. The van der Waals surface area contributed by atoms with Gasteiger partial charge in [0.15, 0.2) is 0 Å². The third kappa shape index (κ3) is 2.62. The molecule has 0 bridgehead atoms. The maximum Gasteiger partial charge on any atom is 0.0290 e. The minimum atomic E-state index is 0.846. The quantitative estimate of drug-likeness (QED) is 0.682. The molecule has 0 atom stereocenters. The topological polar surface area (TPSA) is 0 Å². The molecule has 0 fully saturated rings. The van der Waals surface area contributed by atoms with Crippen LogP contribution in [0.2, 0.25) is 0 Å². The molecule has 0 aliphatic rings. The lowest BCUT2D eigenvalue weighted by Crippen LogP contribution is -1.93. The summed E-state index contributed by atoms with van der Waals surface area (Å²) in [5.74, 6) is 5.44. The first-order valence-electron chi connectivity index (χ1n) is 6.83. The molecule has 2 rings (SSSR count). The Bertz CT molecular complexity index is 770. The molecule has 0 spiro atoms. The first kappa shape index (κ1) is 14.7. The van der Waals surface area contributed by atoms with Crippen molar-refractivity contribution in [2.75, 3.05) is 0 Å². The van der Waals surface area contributed by atoms with Crippen molar-refractivity contribution in [2.24, 2.45) is 0 Å².